The first kappa shape index (κ1) is 12.3. The number of aliphatic hydroxyl groups excluding tert-OH is 1. The van der Waals surface area contributed by atoms with Crippen molar-refractivity contribution in [2.45, 2.75) is 50.7 Å². The second kappa shape index (κ2) is 5.99. The predicted molar refractivity (Wildman–Crippen MR) is 64.4 cm³/mol. The maximum absolute atomic E-state index is 10.0. The zero-order valence-electron chi connectivity index (χ0n) is 10.4. The Labute approximate surface area is 98.8 Å². The van der Waals surface area contributed by atoms with Gasteiger partial charge in [0.15, 0.2) is 0 Å². The van der Waals surface area contributed by atoms with E-state index in [1.54, 1.807) is 7.11 Å². The van der Waals surface area contributed by atoms with Crippen LogP contribution in [0.15, 0.2) is 0 Å². The molecule has 0 amide bonds. The number of nitrogens with zero attached hydrogens (tertiary/aromatic N) is 1. The summed E-state index contributed by atoms with van der Waals surface area (Å²) in [6.07, 6.45) is 7.79. The summed E-state index contributed by atoms with van der Waals surface area (Å²) in [5.41, 5.74) is 0. The van der Waals surface area contributed by atoms with Crippen LogP contribution in [0, 0.1) is 5.92 Å². The molecule has 2 atom stereocenters. The summed E-state index contributed by atoms with van der Waals surface area (Å²) in [5.74, 6) is 0.788. The Morgan fingerprint density at radius 3 is 2.69 bits per heavy atom. The van der Waals surface area contributed by atoms with Crippen LogP contribution in [-0.2, 0) is 4.74 Å². The fraction of sp³-hybridized carbons (Fsp3) is 1.00. The van der Waals surface area contributed by atoms with Crippen molar-refractivity contribution < 1.29 is 9.84 Å². The minimum absolute atomic E-state index is 0.126. The van der Waals surface area contributed by atoms with Gasteiger partial charge >= 0.3 is 0 Å². The van der Waals surface area contributed by atoms with Crippen LogP contribution in [0.4, 0.5) is 0 Å². The van der Waals surface area contributed by atoms with Gasteiger partial charge in [-0.25, -0.2) is 0 Å². The van der Waals surface area contributed by atoms with Crippen LogP contribution in [-0.4, -0.2) is 49.0 Å². The molecule has 0 radical (unpaired) electrons. The number of likely N-dealkylation sites (tertiary alicyclic amines) is 1. The molecule has 0 aromatic carbocycles. The maximum atomic E-state index is 10.0. The van der Waals surface area contributed by atoms with Crippen molar-refractivity contribution in [2.75, 3.05) is 26.7 Å². The Bertz CT molecular complexity index is 204. The number of hydrogen-bond donors (Lipinski definition) is 1. The van der Waals surface area contributed by atoms with E-state index in [4.69, 9.17) is 4.74 Å². The SMILES string of the molecule is COC1CCN(CC(O)CC2CCCC2)C1. The van der Waals surface area contributed by atoms with Crippen molar-refractivity contribution >= 4 is 0 Å². The highest BCUT2D eigenvalue weighted by Crippen LogP contribution is 2.28. The molecule has 3 heteroatoms. The number of methoxy groups -OCH3 is 1. The largest absolute Gasteiger partial charge is 0.392 e. The highest BCUT2D eigenvalue weighted by molar-refractivity contribution is 4.79. The van der Waals surface area contributed by atoms with Crippen LogP contribution in [0.3, 0.4) is 0 Å². The molecule has 16 heavy (non-hydrogen) atoms. The molecule has 1 N–H and O–H groups in total. The second-order valence-electron chi connectivity index (χ2n) is 5.45. The average Bonchev–Trinajstić information content (AvgIpc) is 2.89. The second-order valence-corrected chi connectivity index (χ2v) is 5.45. The number of aliphatic hydroxyl groups is 1. The molecule has 1 saturated heterocycles. The third-order valence-electron chi connectivity index (χ3n) is 4.11. The molecule has 0 aromatic rings. The fourth-order valence-corrected chi connectivity index (χ4v) is 3.16. The van der Waals surface area contributed by atoms with Crippen molar-refractivity contribution in [1.82, 2.24) is 4.90 Å². The summed E-state index contributed by atoms with van der Waals surface area (Å²) in [6.45, 7) is 2.93. The van der Waals surface area contributed by atoms with E-state index in [0.29, 0.717) is 6.10 Å². The van der Waals surface area contributed by atoms with Crippen LogP contribution in [0.1, 0.15) is 38.5 Å². The van der Waals surface area contributed by atoms with Crippen LogP contribution >= 0.6 is 0 Å². The van der Waals surface area contributed by atoms with Crippen LogP contribution in [0.25, 0.3) is 0 Å². The lowest BCUT2D eigenvalue weighted by molar-refractivity contribution is 0.0799. The molecule has 2 rings (SSSR count). The summed E-state index contributed by atoms with van der Waals surface area (Å²) in [5, 5.41) is 10.0. The lowest BCUT2D eigenvalue weighted by Gasteiger charge is -2.21. The summed E-state index contributed by atoms with van der Waals surface area (Å²) in [4.78, 5) is 2.34. The van der Waals surface area contributed by atoms with Crippen molar-refractivity contribution in [3.05, 3.63) is 0 Å². The van der Waals surface area contributed by atoms with Gasteiger partial charge in [-0.3, -0.25) is 4.90 Å². The van der Waals surface area contributed by atoms with Crippen molar-refractivity contribution in [3.8, 4) is 0 Å². The van der Waals surface area contributed by atoms with Gasteiger partial charge in [0.05, 0.1) is 12.2 Å². The zero-order valence-corrected chi connectivity index (χ0v) is 10.4. The van der Waals surface area contributed by atoms with Crippen molar-refractivity contribution in [2.24, 2.45) is 5.92 Å². The molecule has 1 saturated carbocycles. The molecule has 3 nitrogen and oxygen atoms in total. The lowest BCUT2D eigenvalue weighted by atomic mass is 10.00. The Kier molecular flexibility index (Phi) is 4.62. The number of rotatable bonds is 5. The maximum Gasteiger partial charge on any atom is 0.0710 e. The Morgan fingerprint density at radius 1 is 1.31 bits per heavy atom. The summed E-state index contributed by atoms with van der Waals surface area (Å²) in [6, 6.07) is 0. The van der Waals surface area contributed by atoms with E-state index in [2.05, 4.69) is 4.90 Å². The Balaban J connectivity index is 1.64. The van der Waals surface area contributed by atoms with Gasteiger partial charge in [0, 0.05) is 26.7 Å². The van der Waals surface area contributed by atoms with E-state index >= 15 is 0 Å². The summed E-state index contributed by atoms with van der Waals surface area (Å²) >= 11 is 0. The molecule has 94 valence electrons. The minimum atomic E-state index is -0.126. The monoisotopic (exact) mass is 227 g/mol. The third-order valence-corrected chi connectivity index (χ3v) is 4.11. The van der Waals surface area contributed by atoms with Gasteiger partial charge in [-0.15, -0.1) is 0 Å². The first-order chi connectivity index (χ1) is 7.78. The molecule has 0 aromatic heterocycles. The number of hydrogen-bond acceptors (Lipinski definition) is 3. The Morgan fingerprint density at radius 2 is 2.06 bits per heavy atom. The molecule has 1 heterocycles. The van der Waals surface area contributed by atoms with E-state index in [-0.39, 0.29) is 6.10 Å². The standard InChI is InChI=1S/C13H25NO2/c1-16-13-6-7-14(10-13)9-12(15)8-11-4-2-3-5-11/h11-13,15H,2-10H2,1H3. The molecule has 1 aliphatic carbocycles. The molecule has 2 unspecified atom stereocenters. The molecular formula is C13H25NO2. The van der Waals surface area contributed by atoms with Gasteiger partial charge in [-0.1, -0.05) is 25.7 Å². The van der Waals surface area contributed by atoms with Gasteiger partial charge in [0.2, 0.25) is 0 Å². The van der Waals surface area contributed by atoms with E-state index in [0.717, 1.165) is 38.4 Å². The number of β-amino-alcohol motifs (C(OH)–C–C–N with tert-alkyl or cyclic N) is 1. The molecule has 0 bridgehead atoms. The smallest absolute Gasteiger partial charge is 0.0710 e. The fourth-order valence-electron chi connectivity index (χ4n) is 3.16. The minimum Gasteiger partial charge on any atom is -0.392 e. The zero-order chi connectivity index (χ0) is 11.4. The normalized spacial score (nSPS) is 30.0. The van der Waals surface area contributed by atoms with Gasteiger partial charge in [-0.05, 0) is 18.8 Å². The van der Waals surface area contributed by atoms with E-state index in [1.807, 2.05) is 0 Å². The quantitative estimate of drug-likeness (QED) is 0.775. The van der Waals surface area contributed by atoms with Crippen LogP contribution < -0.4 is 0 Å². The van der Waals surface area contributed by atoms with Crippen LogP contribution in [0.2, 0.25) is 0 Å². The van der Waals surface area contributed by atoms with Crippen molar-refractivity contribution in [1.29, 1.82) is 0 Å². The van der Waals surface area contributed by atoms with E-state index < -0.39 is 0 Å². The molecule has 2 aliphatic rings. The Hall–Kier alpha value is -0.120. The van der Waals surface area contributed by atoms with Crippen LogP contribution in [0.5, 0.6) is 0 Å². The summed E-state index contributed by atoms with van der Waals surface area (Å²) in [7, 11) is 1.78. The molecule has 0 spiro atoms. The number of ether oxygens (including phenoxy) is 1. The highest BCUT2D eigenvalue weighted by Gasteiger charge is 2.25. The molecular weight excluding hydrogens is 202 g/mol. The van der Waals surface area contributed by atoms with Gasteiger partial charge in [-0.2, -0.15) is 0 Å². The average molecular weight is 227 g/mol. The lowest BCUT2D eigenvalue weighted by Crippen LogP contribution is -2.32. The van der Waals surface area contributed by atoms with Gasteiger partial charge < -0.3 is 9.84 Å². The van der Waals surface area contributed by atoms with Gasteiger partial charge in [0.1, 0.15) is 0 Å². The predicted octanol–water partition coefficient (Wildman–Crippen LogP) is 1.65. The van der Waals surface area contributed by atoms with E-state index in [1.165, 1.54) is 25.7 Å². The first-order valence-electron chi connectivity index (χ1n) is 6.71. The van der Waals surface area contributed by atoms with E-state index in [9.17, 15) is 5.11 Å². The van der Waals surface area contributed by atoms with Gasteiger partial charge in [0.25, 0.3) is 0 Å². The summed E-state index contributed by atoms with van der Waals surface area (Å²) < 4.78 is 5.33. The third kappa shape index (κ3) is 3.44. The molecule has 1 aliphatic heterocycles. The van der Waals surface area contributed by atoms with Crippen molar-refractivity contribution in [3.63, 3.8) is 0 Å². The topological polar surface area (TPSA) is 32.7 Å². The highest BCUT2D eigenvalue weighted by atomic mass is 16.5. The first-order valence-corrected chi connectivity index (χ1v) is 6.71. The molecule has 2 fully saturated rings.